The second-order valence-corrected chi connectivity index (χ2v) is 8.57. The monoisotopic (exact) mass is 388 g/mol. The fraction of sp³-hybridized carbons (Fsp3) is 0.600. The summed E-state index contributed by atoms with van der Waals surface area (Å²) in [6.07, 6.45) is 5.93. The maximum absolute atomic E-state index is 12.4. The number of morpholine rings is 1. The second-order valence-electron chi connectivity index (χ2n) is 7.53. The zero-order chi connectivity index (χ0) is 18.6. The number of thiophene rings is 1. The van der Waals surface area contributed by atoms with Gasteiger partial charge in [0, 0.05) is 43.0 Å². The number of nitrogens with zero attached hydrogens (tertiary/aromatic N) is 3. The lowest BCUT2D eigenvalue weighted by atomic mass is 10.1. The molecule has 2 saturated heterocycles. The molecule has 4 heterocycles. The van der Waals surface area contributed by atoms with Crippen LogP contribution in [-0.4, -0.2) is 48.4 Å². The molecule has 146 valence electrons. The van der Waals surface area contributed by atoms with Crippen molar-refractivity contribution < 1.29 is 4.74 Å². The number of rotatable bonds is 4. The molecule has 6 nitrogen and oxygen atoms in total. The normalized spacial score (nSPS) is 24.0. The van der Waals surface area contributed by atoms with E-state index in [-0.39, 0.29) is 11.7 Å². The van der Waals surface area contributed by atoms with Crippen LogP contribution in [0.2, 0.25) is 0 Å². The van der Waals surface area contributed by atoms with Gasteiger partial charge in [-0.15, -0.1) is 11.3 Å². The Kier molecular flexibility index (Phi) is 5.78. The Morgan fingerprint density at radius 2 is 2.26 bits per heavy atom. The van der Waals surface area contributed by atoms with E-state index in [1.54, 1.807) is 6.07 Å². The van der Waals surface area contributed by atoms with E-state index in [0.717, 1.165) is 50.7 Å². The second kappa shape index (κ2) is 8.44. The van der Waals surface area contributed by atoms with Crippen LogP contribution in [0, 0.1) is 0 Å². The molecule has 0 unspecified atom stereocenters. The Bertz CT molecular complexity index is 792. The summed E-state index contributed by atoms with van der Waals surface area (Å²) in [7, 11) is 0. The number of hydrogen-bond acceptors (Lipinski definition) is 6. The third kappa shape index (κ3) is 4.52. The Morgan fingerprint density at radius 3 is 3.07 bits per heavy atom. The number of aromatic nitrogens is 2. The predicted octanol–water partition coefficient (Wildman–Crippen LogP) is 3.05. The van der Waals surface area contributed by atoms with E-state index in [0.29, 0.717) is 12.6 Å². The number of nitrogens with one attached hydrogen (secondary N) is 1. The van der Waals surface area contributed by atoms with Crippen molar-refractivity contribution in [2.45, 2.75) is 51.2 Å². The lowest BCUT2D eigenvalue weighted by Crippen LogP contribution is -2.43. The Balaban J connectivity index is 1.61. The highest BCUT2D eigenvalue weighted by Gasteiger charge is 2.25. The molecule has 2 atom stereocenters. The molecule has 0 aliphatic carbocycles. The molecular weight excluding hydrogens is 360 g/mol. The SMILES string of the molecule is C[C@@H]1CN(c2cc(=O)[nH]c(N3CCCCC[C@@H]3Cc3cccs3)n2)CCO1. The molecule has 4 rings (SSSR count). The van der Waals surface area contributed by atoms with Gasteiger partial charge in [-0.1, -0.05) is 18.9 Å². The summed E-state index contributed by atoms with van der Waals surface area (Å²) < 4.78 is 5.63. The molecule has 0 amide bonds. The Morgan fingerprint density at radius 1 is 1.33 bits per heavy atom. The fourth-order valence-corrected chi connectivity index (χ4v) is 4.86. The zero-order valence-electron chi connectivity index (χ0n) is 15.9. The van der Waals surface area contributed by atoms with Gasteiger partial charge in [-0.3, -0.25) is 9.78 Å². The molecule has 7 heteroatoms. The lowest BCUT2D eigenvalue weighted by Gasteiger charge is -2.34. The Hall–Kier alpha value is -1.86. The molecular formula is C20H28N4O2S. The van der Waals surface area contributed by atoms with Crippen LogP contribution in [0.4, 0.5) is 11.8 Å². The summed E-state index contributed by atoms with van der Waals surface area (Å²) in [6, 6.07) is 6.32. The van der Waals surface area contributed by atoms with Crippen LogP contribution in [-0.2, 0) is 11.2 Å². The van der Waals surface area contributed by atoms with E-state index in [1.165, 1.54) is 17.7 Å². The molecule has 0 spiro atoms. The van der Waals surface area contributed by atoms with Crippen LogP contribution in [0.15, 0.2) is 28.4 Å². The summed E-state index contributed by atoms with van der Waals surface area (Å²) in [5.74, 6) is 1.49. The molecule has 0 aromatic carbocycles. The van der Waals surface area contributed by atoms with Gasteiger partial charge in [0.1, 0.15) is 5.82 Å². The van der Waals surface area contributed by atoms with Gasteiger partial charge >= 0.3 is 0 Å². The molecule has 27 heavy (non-hydrogen) atoms. The van der Waals surface area contributed by atoms with Crippen LogP contribution in [0.5, 0.6) is 0 Å². The van der Waals surface area contributed by atoms with Crippen LogP contribution in [0.3, 0.4) is 0 Å². The van der Waals surface area contributed by atoms with Crippen molar-refractivity contribution in [3.8, 4) is 0 Å². The first-order valence-corrected chi connectivity index (χ1v) is 10.8. The molecule has 2 aromatic rings. The van der Waals surface area contributed by atoms with E-state index in [4.69, 9.17) is 9.72 Å². The fourth-order valence-electron chi connectivity index (χ4n) is 4.09. The maximum Gasteiger partial charge on any atom is 0.254 e. The average Bonchev–Trinajstić information content (AvgIpc) is 3.05. The molecule has 2 aliphatic heterocycles. The van der Waals surface area contributed by atoms with Gasteiger partial charge in [0.05, 0.1) is 12.7 Å². The zero-order valence-corrected chi connectivity index (χ0v) is 16.7. The van der Waals surface area contributed by atoms with Crippen molar-refractivity contribution >= 4 is 23.1 Å². The molecule has 2 aliphatic rings. The summed E-state index contributed by atoms with van der Waals surface area (Å²) in [5, 5.41) is 2.14. The van der Waals surface area contributed by atoms with Crippen LogP contribution in [0.1, 0.15) is 37.5 Å². The minimum Gasteiger partial charge on any atom is -0.375 e. The quantitative estimate of drug-likeness (QED) is 0.872. The van der Waals surface area contributed by atoms with Crippen molar-refractivity contribution in [3.63, 3.8) is 0 Å². The molecule has 2 fully saturated rings. The first-order valence-electron chi connectivity index (χ1n) is 9.96. The number of aromatic amines is 1. The van der Waals surface area contributed by atoms with Crippen LogP contribution < -0.4 is 15.4 Å². The first-order chi connectivity index (χ1) is 13.2. The summed E-state index contributed by atoms with van der Waals surface area (Å²) >= 11 is 1.81. The van der Waals surface area contributed by atoms with Gasteiger partial charge in [-0.2, -0.15) is 4.98 Å². The first kappa shape index (κ1) is 18.5. The van der Waals surface area contributed by atoms with Gasteiger partial charge in [-0.05, 0) is 31.2 Å². The van der Waals surface area contributed by atoms with E-state index in [1.807, 2.05) is 11.3 Å². The van der Waals surface area contributed by atoms with Gasteiger partial charge in [0.15, 0.2) is 0 Å². The van der Waals surface area contributed by atoms with E-state index in [2.05, 4.69) is 39.2 Å². The smallest absolute Gasteiger partial charge is 0.254 e. The summed E-state index contributed by atoms with van der Waals surface area (Å²) in [4.78, 5) is 26.2. The standard InChI is InChI=1S/C20H28N4O2S/c1-15-14-23(9-10-26-15)18-13-19(25)22-20(21-18)24-8-4-2-3-6-16(24)12-17-7-5-11-27-17/h5,7,11,13,15-16H,2-4,6,8-10,12,14H2,1H3,(H,21,22,25)/t15-,16-/m1/s1. The topological polar surface area (TPSA) is 61.5 Å². The molecule has 0 bridgehead atoms. The largest absolute Gasteiger partial charge is 0.375 e. The van der Waals surface area contributed by atoms with E-state index < -0.39 is 0 Å². The number of hydrogen-bond donors (Lipinski definition) is 1. The van der Waals surface area contributed by atoms with E-state index >= 15 is 0 Å². The lowest BCUT2D eigenvalue weighted by molar-refractivity contribution is 0.0529. The predicted molar refractivity (Wildman–Crippen MR) is 110 cm³/mol. The molecule has 1 N–H and O–H groups in total. The van der Waals surface area contributed by atoms with Crippen LogP contribution >= 0.6 is 11.3 Å². The highest BCUT2D eigenvalue weighted by molar-refractivity contribution is 7.09. The summed E-state index contributed by atoms with van der Waals surface area (Å²) in [5.41, 5.74) is -0.0757. The maximum atomic E-state index is 12.4. The van der Waals surface area contributed by atoms with Crippen molar-refractivity contribution in [2.75, 3.05) is 36.0 Å². The summed E-state index contributed by atoms with van der Waals surface area (Å²) in [6.45, 7) is 5.23. The van der Waals surface area contributed by atoms with Crippen molar-refractivity contribution in [1.82, 2.24) is 9.97 Å². The third-order valence-corrected chi connectivity index (χ3v) is 6.35. The average molecular weight is 389 g/mol. The van der Waals surface area contributed by atoms with Gasteiger partial charge in [0.2, 0.25) is 5.95 Å². The Labute approximate surface area is 164 Å². The van der Waals surface area contributed by atoms with Crippen molar-refractivity contribution in [1.29, 1.82) is 0 Å². The highest BCUT2D eigenvalue weighted by atomic mass is 32.1. The van der Waals surface area contributed by atoms with Crippen molar-refractivity contribution in [3.05, 3.63) is 38.8 Å². The van der Waals surface area contributed by atoms with Gasteiger partial charge in [0.25, 0.3) is 5.56 Å². The van der Waals surface area contributed by atoms with Gasteiger partial charge < -0.3 is 14.5 Å². The van der Waals surface area contributed by atoms with E-state index in [9.17, 15) is 4.79 Å². The third-order valence-electron chi connectivity index (χ3n) is 5.45. The van der Waals surface area contributed by atoms with Crippen LogP contribution in [0.25, 0.3) is 0 Å². The highest BCUT2D eigenvalue weighted by Crippen LogP contribution is 2.26. The minimum absolute atomic E-state index is 0.0757. The number of H-pyrrole nitrogens is 1. The number of anilines is 2. The molecule has 0 saturated carbocycles. The van der Waals surface area contributed by atoms with Gasteiger partial charge in [-0.25, -0.2) is 0 Å². The minimum atomic E-state index is -0.0757. The molecule has 2 aromatic heterocycles. The van der Waals surface area contributed by atoms with Crippen molar-refractivity contribution in [2.24, 2.45) is 0 Å². The number of ether oxygens (including phenoxy) is 1. The molecule has 0 radical (unpaired) electrons.